The Bertz CT molecular complexity index is 867. The number of benzene rings is 1. The van der Waals surface area contributed by atoms with Gasteiger partial charge in [0, 0.05) is 18.1 Å². The van der Waals surface area contributed by atoms with Gasteiger partial charge in [0.05, 0.1) is 23.9 Å². The summed E-state index contributed by atoms with van der Waals surface area (Å²) in [6, 6.07) is 5.59. The van der Waals surface area contributed by atoms with Crippen molar-refractivity contribution in [2.24, 2.45) is 5.92 Å². The third kappa shape index (κ3) is 3.96. The Kier molecular flexibility index (Phi) is 6.17. The Balaban J connectivity index is 1.94. The number of halogens is 1. The third-order valence-electron chi connectivity index (χ3n) is 5.31. The van der Waals surface area contributed by atoms with Gasteiger partial charge < -0.3 is 15.5 Å². The Labute approximate surface area is 176 Å². The maximum atomic E-state index is 13.4. The fourth-order valence-corrected chi connectivity index (χ4v) is 3.94. The Morgan fingerprint density at radius 3 is 2.59 bits per heavy atom. The number of rotatable bonds is 6. The van der Waals surface area contributed by atoms with Crippen LogP contribution in [0.15, 0.2) is 35.5 Å². The number of nitrogens with one attached hydrogen (secondary N) is 2. The Hall–Kier alpha value is -2.54. The van der Waals surface area contributed by atoms with Gasteiger partial charge in [0.2, 0.25) is 5.91 Å². The van der Waals surface area contributed by atoms with Gasteiger partial charge >= 0.3 is 6.03 Å². The standard InChI is InChI=1S/C21H27ClN4O3/c1-5-25-16-11-26(13(4)19(27)23-10-12(2)3)20(28)17(16)18(24-21(25)29)14-8-6-7-9-15(14)22/h6-9,12-13,18H,5,10-11H2,1-4H3,(H,23,27)(H,24,29)/t13-,18+/m0/s1. The van der Waals surface area contributed by atoms with E-state index >= 15 is 0 Å². The second-order valence-electron chi connectivity index (χ2n) is 7.76. The van der Waals surface area contributed by atoms with E-state index in [0.717, 1.165) is 0 Å². The summed E-state index contributed by atoms with van der Waals surface area (Å²) in [4.78, 5) is 41.7. The molecule has 0 bridgehead atoms. The molecule has 4 amide bonds. The van der Waals surface area contributed by atoms with E-state index < -0.39 is 12.1 Å². The number of hydrogen-bond donors (Lipinski definition) is 2. The minimum Gasteiger partial charge on any atom is -0.354 e. The van der Waals surface area contributed by atoms with Crippen LogP contribution in [0.25, 0.3) is 0 Å². The lowest BCUT2D eigenvalue weighted by Crippen LogP contribution is -2.47. The van der Waals surface area contributed by atoms with E-state index in [9.17, 15) is 14.4 Å². The predicted octanol–water partition coefficient (Wildman–Crippen LogP) is 2.68. The number of urea groups is 1. The average Bonchev–Trinajstić information content (AvgIpc) is 3.02. The second kappa shape index (κ2) is 8.45. The zero-order valence-corrected chi connectivity index (χ0v) is 17.9. The minimum atomic E-state index is -0.646. The van der Waals surface area contributed by atoms with Crippen molar-refractivity contribution in [1.82, 2.24) is 20.4 Å². The molecular formula is C21H27ClN4O3. The SMILES string of the molecule is CCN1C(=O)N[C@H](c2ccccc2Cl)C2=C1CN([C@@H](C)C(=O)NCC(C)C)C2=O. The van der Waals surface area contributed by atoms with Gasteiger partial charge in [0.15, 0.2) is 0 Å². The van der Waals surface area contributed by atoms with Crippen molar-refractivity contribution in [3.63, 3.8) is 0 Å². The van der Waals surface area contributed by atoms with Crippen LogP contribution in [0.1, 0.15) is 39.3 Å². The van der Waals surface area contributed by atoms with Crippen LogP contribution in [-0.2, 0) is 9.59 Å². The van der Waals surface area contributed by atoms with Gasteiger partial charge in [-0.05, 0) is 31.4 Å². The van der Waals surface area contributed by atoms with Crippen LogP contribution in [-0.4, -0.2) is 53.3 Å². The van der Waals surface area contributed by atoms with Crippen LogP contribution in [0.5, 0.6) is 0 Å². The van der Waals surface area contributed by atoms with Crippen LogP contribution in [0.2, 0.25) is 5.02 Å². The Morgan fingerprint density at radius 2 is 1.97 bits per heavy atom. The summed E-state index contributed by atoms with van der Waals surface area (Å²) in [7, 11) is 0. The first-order valence-electron chi connectivity index (χ1n) is 9.90. The predicted molar refractivity (Wildman–Crippen MR) is 111 cm³/mol. The summed E-state index contributed by atoms with van der Waals surface area (Å²) < 4.78 is 0. The molecule has 29 heavy (non-hydrogen) atoms. The van der Waals surface area contributed by atoms with Crippen molar-refractivity contribution in [2.45, 2.75) is 39.8 Å². The number of carbonyl (C=O) groups excluding carboxylic acids is 3. The molecule has 0 aliphatic carbocycles. The van der Waals surface area contributed by atoms with Crippen LogP contribution < -0.4 is 10.6 Å². The zero-order valence-electron chi connectivity index (χ0n) is 17.2. The normalized spacial score (nSPS) is 20.1. The molecule has 7 nitrogen and oxygen atoms in total. The van der Waals surface area contributed by atoms with E-state index in [1.54, 1.807) is 30.0 Å². The molecule has 2 atom stereocenters. The third-order valence-corrected chi connectivity index (χ3v) is 5.66. The van der Waals surface area contributed by atoms with E-state index in [1.807, 2.05) is 26.8 Å². The average molecular weight is 419 g/mol. The van der Waals surface area contributed by atoms with E-state index in [1.165, 1.54) is 4.90 Å². The summed E-state index contributed by atoms with van der Waals surface area (Å²) in [5, 5.41) is 6.26. The molecule has 1 aromatic rings. The molecule has 2 aliphatic heterocycles. The summed E-state index contributed by atoms with van der Waals surface area (Å²) in [5.41, 5.74) is 1.77. The van der Waals surface area contributed by atoms with Crippen molar-refractivity contribution in [2.75, 3.05) is 19.6 Å². The van der Waals surface area contributed by atoms with Crippen molar-refractivity contribution in [3.8, 4) is 0 Å². The molecule has 0 saturated heterocycles. The first-order chi connectivity index (χ1) is 13.8. The van der Waals surface area contributed by atoms with Crippen LogP contribution >= 0.6 is 11.6 Å². The number of carbonyl (C=O) groups is 3. The smallest absolute Gasteiger partial charge is 0.322 e. The van der Waals surface area contributed by atoms with Crippen LogP contribution in [0.3, 0.4) is 0 Å². The van der Waals surface area contributed by atoms with Gasteiger partial charge in [-0.3, -0.25) is 14.5 Å². The van der Waals surface area contributed by atoms with Gasteiger partial charge in [-0.25, -0.2) is 4.79 Å². The van der Waals surface area contributed by atoms with Gasteiger partial charge in [-0.15, -0.1) is 0 Å². The molecular weight excluding hydrogens is 392 g/mol. The van der Waals surface area contributed by atoms with Gasteiger partial charge in [-0.1, -0.05) is 43.6 Å². The minimum absolute atomic E-state index is 0.205. The highest BCUT2D eigenvalue weighted by atomic mass is 35.5. The molecule has 2 N–H and O–H groups in total. The van der Waals surface area contributed by atoms with Gasteiger partial charge in [-0.2, -0.15) is 0 Å². The monoisotopic (exact) mass is 418 g/mol. The molecule has 156 valence electrons. The number of amides is 4. The molecule has 0 saturated carbocycles. The largest absolute Gasteiger partial charge is 0.354 e. The van der Waals surface area contributed by atoms with Crippen molar-refractivity contribution < 1.29 is 14.4 Å². The summed E-state index contributed by atoms with van der Waals surface area (Å²) in [5.74, 6) is -0.146. The van der Waals surface area contributed by atoms with Crippen LogP contribution in [0.4, 0.5) is 4.79 Å². The molecule has 0 radical (unpaired) electrons. The summed E-state index contributed by atoms with van der Waals surface area (Å²) in [6.07, 6.45) is 0. The number of likely N-dealkylation sites (N-methyl/N-ethyl adjacent to an activating group) is 1. The van der Waals surface area contributed by atoms with Gasteiger partial charge in [0.25, 0.3) is 5.91 Å². The fraction of sp³-hybridized carbons (Fsp3) is 0.476. The highest BCUT2D eigenvalue weighted by Crippen LogP contribution is 2.38. The first-order valence-corrected chi connectivity index (χ1v) is 10.3. The lowest BCUT2D eigenvalue weighted by atomic mass is 9.95. The molecule has 0 unspecified atom stereocenters. The van der Waals surface area contributed by atoms with Crippen molar-refractivity contribution in [3.05, 3.63) is 46.1 Å². The molecule has 1 aromatic carbocycles. The number of hydrogen-bond acceptors (Lipinski definition) is 3. The lowest BCUT2D eigenvalue weighted by Gasteiger charge is -2.33. The van der Waals surface area contributed by atoms with E-state index in [0.29, 0.717) is 40.9 Å². The number of nitrogens with zero attached hydrogens (tertiary/aromatic N) is 2. The highest BCUT2D eigenvalue weighted by Gasteiger charge is 2.46. The summed E-state index contributed by atoms with van der Waals surface area (Å²) in [6.45, 7) is 8.77. The molecule has 0 spiro atoms. The first kappa shape index (κ1) is 21.2. The fourth-order valence-electron chi connectivity index (χ4n) is 3.70. The van der Waals surface area contributed by atoms with Crippen molar-refractivity contribution >= 4 is 29.4 Å². The topological polar surface area (TPSA) is 81.8 Å². The molecule has 0 fully saturated rings. The molecule has 2 heterocycles. The van der Waals surface area contributed by atoms with Crippen molar-refractivity contribution in [1.29, 1.82) is 0 Å². The molecule has 0 aromatic heterocycles. The van der Waals surface area contributed by atoms with Gasteiger partial charge in [0.1, 0.15) is 6.04 Å². The maximum absolute atomic E-state index is 13.4. The molecule has 2 aliphatic rings. The maximum Gasteiger partial charge on any atom is 0.322 e. The molecule has 3 rings (SSSR count). The lowest BCUT2D eigenvalue weighted by molar-refractivity contribution is -0.135. The van der Waals surface area contributed by atoms with Crippen LogP contribution in [0, 0.1) is 5.92 Å². The van der Waals surface area contributed by atoms with E-state index in [2.05, 4.69) is 10.6 Å². The molecule has 8 heteroatoms. The summed E-state index contributed by atoms with van der Waals surface area (Å²) >= 11 is 6.36. The highest BCUT2D eigenvalue weighted by molar-refractivity contribution is 6.31. The van der Waals surface area contributed by atoms with E-state index in [4.69, 9.17) is 11.6 Å². The van der Waals surface area contributed by atoms with E-state index in [-0.39, 0.29) is 24.4 Å². The second-order valence-corrected chi connectivity index (χ2v) is 8.16. The quantitative estimate of drug-likeness (QED) is 0.745. The Morgan fingerprint density at radius 1 is 1.28 bits per heavy atom. The zero-order chi connectivity index (χ0) is 21.3.